The summed E-state index contributed by atoms with van der Waals surface area (Å²) in [6.07, 6.45) is 4.87. The van der Waals surface area contributed by atoms with Gasteiger partial charge in [0.25, 0.3) is 5.91 Å². The molecule has 2 heterocycles. The number of hydrogen-bond acceptors (Lipinski definition) is 3. The molecule has 0 bridgehead atoms. The molecule has 1 amide bonds. The van der Waals surface area contributed by atoms with E-state index >= 15 is 0 Å². The first-order valence-corrected chi connectivity index (χ1v) is 6.42. The average molecular weight is 266 g/mol. The molecule has 0 aliphatic heterocycles. The first-order valence-electron chi connectivity index (χ1n) is 6.42. The third-order valence-corrected chi connectivity index (χ3v) is 3.28. The highest BCUT2D eigenvalue weighted by molar-refractivity contribution is 6.05. The van der Waals surface area contributed by atoms with Crippen molar-refractivity contribution in [1.82, 2.24) is 10.3 Å². The second-order valence-corrected chi connectivity index (χ2v) is 4.63. The third kappa shape index (κ3) is 2.28. The van der Waals surface area contributed by atoms with Crippen molar-refractivity contribution in [3.8, 4) is 0 Å². The van der Waals surface area contributed by atoms with E-state index in [4.69, 9.17) is 4.42 Å². The van der Waals surface area contributed by atoms with Gasteiger partial charge in [0.05, 0.1) is 18.6 Å². The molecule has 0 fully saturated rings. The molecule has 0 saturated heterocycles. The van der Waals surface area contributed by atoms with E-state index in [1.807, 2.05) is 43.3 Å². The van der Waals surface area contributed by atoms with Gasteiger partial charge in [0, 0.05) is 17.1 Å². The highest BCUT2D eigenvalue weighted by Crippen LogP contribution is 2.18. The monoisotopic (exact) mass is 266 g/mol. The normalized spacial score (nSPS) is 12.2. The first kappa shape index (κ1) is 12.4. The molecule has 3 rings (SSSR count). The molecule has 0 aliphatic rings. The van der Waals surface area contributed by atoms with Gasteiger partial charge in [-0.25, -0.2) is 0 Å². The average Bonchev–Trinajstić information content (AvgIpc) is 3.01. The van der Waals surface area contributed by atoms with E-state index in [9.17, 15) is 4.79 Å². The van der Waals surface area contributed by atoms with Crippen molar-refractivity contribution in [2.75, 3.05) is 0 Å². The van der Waals surface area contributed by atoms with E-state index in [2.05, 4.69) is 10.3 Å². The molecule has 100 valence electrons. The van der Waals surface area contributed by atoms with Crippen LogP contribution in [0.25, 0.3) is 10.8 Å². The van der Waals surface area contributed by atoms with Crippen LogP contribution in [-0.4, -0.2) is 10.9 Å². The van der Waals surface area contributed by atoms with Crippen LogP contribution in [0.2, 0.25) is 0 Å². The fraction of sp³-hybridized carbons (Fsp3) is 0.125. The van der Waals surface area contributed by atoms with Gasteiger partial charge in [-0.15, -0.1) is 0 Å². The Labute approximate surface area is 116 Å². The van der Waals surface area contributed by atoms with E-state index < -0.39 is 0 Å². The summed E-state index contributed by atoms with van der Waals surface area (Å²) in [5, 5.41) is 4.79. The number of nitrogens with one attached hydrogen (secondary N) is 1. The van der Waals surface area contributed by atoms with Gasteiger partial charge >= 0.3 is 0 Å². The lowest BCUT2D eigenvalue weighted by Gasteiger charge is -2.12. The maximum absolute atomic E-state index is 12.4. The first-order chi connectivity index (χ1) is 9.75. The fourth-order valence-electron chi connectivity index (χ4n) is 2.17. The van der Waals surface area contributed by atoms with Gasteiger partial charge in [0.2, 0.25) is 0 Å². The van der Waals surface area contributed by atoms with Gasteiger partial charge in [-0.2, -0.15) is 0 Å². The third-order valence-electron chi connectivity index (χ3n) is 3.28. The Morgan fingerprint density at radius 1 is 1.25 bits per heavy atom. The summed E-state index contributed by atoms with van der Waals surface area (Å²) in [5.74, 6) is -0.185. The molecular formula is C16H14N2O2. The number of carbonyl (C=O) groups excluding carboxylic acids is 1. The Balaban J connectivity index is 1.89. The van der Waals surface area contributed by atoms with Crippen LogP contribution in [0.5, 0.6) is 0 Å². The molecule has 0 spiro atoms. The van der Waals surface area contributed by atoms with Crippen molar-refractivity contribution in [3.63, 3.8) is 0 Å². The van der Waals surface area contributed by atoms with Gasteiger partial charge in [0.15, 0.2) is 0 Å². The summed E-state index contributed by atoms with van der Waals surface area (Å²) in [5.41, 5.74) is 1.37. The van der Waals surface area contributed by atoms with Crippen LogP contribution in [0.3, 0.4) is 0 Å². The van der Waals surface area contributed by atoms with Gasteiger partial charge in [0.1, 0.15) is 5.69 Å². The van der Waals surface area contributed by atoms with E-state index in [0.29, 0.717) is 5.69 Å². The number of carbonyl (C=O) groups is 1. The number of pyridine rings is 1. The largest absolute Gasteiger partial charge is 0.472 e. The minimum atomic E-state index is -0.185. The Bertz CT molecular complexity index is 730. The number of hydrogen-bond donors (Lipinski definition) is 1. The molecule has 0 radical (unpaired) electrons. The maximum Gasteiger partial charge on any atom is 0.270 e. The van der Waals surface area contributed by atoms with E-state index in [0.717, 1.165) is 16.3 Å². The summed E-state index contributed by atoms with van der Waals surface area (Å²) in [7, 11) is 0. The second kappa shape index (κ2) is 5.17. The highest BCUT2D eigenvalue weighted by atomic mass is 16.3. The Morgan fingerprint density at radius 2 is 2.10 bits per heavy atom. The lowest BCUT2D eigenvalue weighted by molar-refractivity contribution is 0.0936. The zero-order chi connectivity index (χ0) is 13.9. The highest BCUT2D eigenvalue weighted by Gasteiger charge is 2.15. The Morgan fingerprint density at radius 3 is 2.90 bits per heavy atom. The quantitative estimate of drug-likeness (QED) is 0.791. The zero-order valence-electron chi connectivity index (χ0n) is 11.0. The molecule has 4 nitrogen and oxygen atoms in total. The van der Waals surface area contributed by atoms with Gasteiger partial charge in [-0.3, -0.25) is 9.78 Å². The molecule has 0 saturated carbocycles. The predicted molar refractivity (Wildman–Crippen MR) is 76.3 cm³/mol. The van der Waals surface area contributed by atoms with Crippen LogP contribution in [0.4, 0.5) is 0 Å². The van der Waals surface area contributed by atoms with Crippen molar-refractivity contribution in [2.45, 2.75) is 13.0 Å². The second-order valence-electron chi connectivity index (χ2n) is 4.63. The van der Waals surface area contributed by atoms with Gasteiger partial charge in [-0.1, -0.05) is 24.3 Å². The molecule has 1 N–H and O–H groups in total. The molecule has 20 heavy (non-hydrogen) atoms. The smallest absolute Gasteiger partial charge is 0.270 e. The molecule has 1 atom stereocenters. The number of amides is 1. The van der Waals surface area contributed by atoms with Crippen LogP contribution in [0, 0.1) is 0 Å². The van der Waals surface area contributed by atoms with Crippen LogP contribution in [-0.2, 0) is 0 Å². The lowest BCUT2D eigenvalue weighted by Crippen LogP contribution is -2.27. The van der Waals surface area contributed by atoms with Crippen molar-refractivity contribution in [3.05, 3.63) is 66.4 Å². The summed E-state index contributed by atoms with van der Waals surface area (Å²) in [4.78, 5) is 16.6. The molecule has 2 aromatic heterocycles. The molecule has 1 aromatic carbocycles. The summed E-state index contributed by atoms with van der Waals surface area (Å²) in [6.45, 7) is 1.91. The SMILES string of the molecule is C[C@H](NC(=O)c1nccc2ccccc12)c1ccoc1. The van der Waals surface area contributed by atoms with Crippen molar-refractivity contribution in [2.24, 2.45) is 0 Å². The van der Waals surface area contributed by atoms with E-state index in [1.165, 1.54) is 0 Å². The fourth-order valence-corrected chi connectivity index (χ4v) is 2.17. The summed E-state index contributed by atoms with van der Waals surface area (Å²) in [6, 6.07) is 11.3. The van der Waals surface area contributed by atoms with Crippen LogP contribution in [0.1, 0.15) is 29.0 Å². The van der Waals surface area contributed by atoms with Crippen LogP contribution < -0.4 is 5.32 Å². The molecule has 3 aromatic rings. The zero-order valence-corrected chi connectivity index (χ0v) is 11.0. The topological polar surface area (TPSA) is 55.1 Å². The van der Waals surface area contributed by atoms with Crippen LogP contribution in [0.15, 0.2) is 59.5 Å². The van der Waals surface area contributed by atoms with Crippen molar-refractivity contribution < 1.29 is 9.21 Å². The molecule has 4 heteroatoms. The lowest BCUT2D eigenvalue weighted by atomic mass is 10.1. The molecular weight excluding hydrogens is 252 g/mol. The predicted octanol–water partition coefficient (Wildman–Crippen LogP) is 3.32. The Hall–Kier alpha value is -2.62. The molecule has 0 unspecified atom stereocenters. The van der Waals surface area contributed by atoms with E-state index in [-0.39, 0.29) is 11.9 Å². The minimum absolute atomic E-state index is 0.123. The standard InChI is InChI=1S/C16H14N2O2/c1-11(13-7-9-20-10-13)18-16(19)15-14-5-3-2-4-12(14)6-8-17-15/h2-11H,1H3,(H,18,19)/t11-/m0/s1. The minimum Gasteiger partial charge on any atom is -0.472 e. The van der Waals surface area contributed by atoms with Gasteiger partial charge < -0.3 is 9.73 Å². The number of nitrogens with zero attached hydrogens (tertiary/aromatic N) is 1. The number of rotatable bonds is 3. The van der Waals surface area contributed by atoms with Crippen LogP contribution >= 0.6 is 0 Å². The Kier molecular flexibility index (Phi) is 3.21. The number of aromatic nitrogens is 1. The number of furan rings is 1. The van der Waals surface area contributed by atoms with Crippen molar-refractivity contribution in [1.29, 1.82) is 0 Å². The van der Waals surface area contributed by atoms with Crippen molar-refractivity contribution >= 4 is 16.7 Å². The molecule has 0 aliphatic carbocycles. The van der Waals surface area contributed by atoms with E-state index in [1.54, 1.807) is 18.7 Å². The maximum atomic E-state index is 12.4. The summed E-state index contributed by atoms with van der Waals surface area (Å²) < 4.78 is 5.03. The summed E-state index contributed by atoms with van der Waals surface area (Å²) >= 11 is 0. The number of benzene rings is 1. The van der Waals surface area contributed by atoms with Gasteiger partial charge in [-0.05, 0) is 24.4 Å². The number of fused-ring (bicyclic) bond motifs is 1.